The second-order valence-corrected chi connectivity index (χ2v) is 6.75. The Kier molecular flexibility index (Phi) is 4.99. The fourth-order valence-corrected chi connectivity index (χ4v) is 3.75. The van der Waals surface area contributed by atoms with Gasteiger partial charge in [0.05, 0.1) is 6.54 Å². The molecule has 0 radical (unpaired) electrons. The number of hydrogen-bond acceptors (Lipinski definition) is 4. The first kappa shape index (κ1) is 14.7. The molecule has 0 aromatic carbocycles. The topological polar surface area (TPSA) is 38.1 Å². The van der Waals surface area contributed by atoms with Crippen molar-refractivity contribution in [1.82, 2.24) is 10.3 Å². The van der Waals surface area contributed by atoms with Gasteiger partial charge in [-0.15, -0.1) is 0 Å². The summed E-state index contributed by atoms with van der Waals surface area (Å²) in [6.07, 6.45) is 11.1. The Hall–Kier alpha value is -1.26. The third-order valence-electron chi connectivity index (χ3n) is 4.13. The summed E-state index contributed by atoms with van der Waals surface area (Å²) in [5, 5.41) is 4.46. The Bertz CT molecular complexity index is 555. The van der Waals surface area contributed by atoms with Crippen molar-refractivity contribution in [3.8, 4) is 11.3 Å². The summed E-state index contributed by atoms with van der Waals surface area (Å²) in [6, 6.07) is 8.67. The molecule has 2 atom stereocenters. The highest BCUT2D eigenvalue weighted by Crippen LogP contribution is 2.27. The van der Waals surface area contributed by atoms with Gasteiger partial charge in [-0.3, -0.25) is 4.98 Å². The summed E-state index contributed by atoms with van der Waals surface area (Å²) in [5.41, 5.74) is 1.03. The molecule has 3 rings (SSSR count). The Morgan fingerprint density at radius 1 is 1.33 bits per heavy atom. The van der Waals surface area contributed by atoms with Crippen LogP contribution in [0.1, 0.15) is 31.4 Å². The normalized spacial score (nSPS) is 22.3. The average molecular weight is 302 g/mol. The van der Waals surface area contributed by atoms with E-state index in [-0.39, 0.29) is 0 Å². The molecule has 0 bridgehead atoms. The van der Waals surface area contributed by atoms with Crippen molar-refractivity contribution >= 4 is 11.8 Å². The molecule has 2 heterocycles. The standard InChI is InChI=1S/C17H22N2OS/c1-21-16-6-2-5-14(10-16)19-12-15-7-8-17(20-15)13-4-3-9-18-11-13/h3-4,7-9,11,14,16,19H,2,5-6,10,12H2,1H3. The largest absolute Gasteiger partial charge is 0.460 e. The van der Waals surface area contributed by atoms with Crippen molar-refractivity contribution in [2.24, 2.45) is 0 Å². The third kappa shape index (κ3) is 3.89. The minimum Gasteiger partial charge on any atom is -0.460 e. The third-order valence-corrected chi connectivity index (χ3v) is 5.23. The van der Waals surface area contributed by atoms with Gasteiger partial charge in [-0.25, -0.2) is 0 Å². The second kappa shape index (κ2) is 7.14. The van der Waals surface area contributed by atoms with Crippen LogP contribution in [0.5, 0.6) is 0 Å². The minimum atomic E-state index is 0.628. The van der Waals surface area contributed by atoms with Gasteiger partial charge in [0.1, 0.15) is 11.5 Å². The van der Waals surface area contributed by atoms with Crippen LogP contribution in [-0.4, -0.2) is 22.5 Å². The predicted molar refractivity (Wildman–Crippen MR) is 88.3 cm³/mol. The van der Waals surface area contributed by atoms with Crippen molar-refractivity contribution in [2.45, 2.75) is 43.5 Å². The molecule has 2 aromatic rings. The zero-order chi connectivity index (χ0) is 14.5. The summed E-state index contributed by atoms with van der Waals surface area (Å²) in [6.45, 7) is 0.812. The summed E-state index contributed by atoms with van der Waals surface area (Å²) in [7, 11) is 0. The highest BCUT2D eigenvalue weighted by molar-refractivity contribution is 7.99. The first-order valence-electron chi connectivity index (χ1n) is 7.60. The first-order valence-corrected chi connectivity index (χ1v) is 8.89. The summed E-state index contributed by atoms with van der Waals surface area (Å²) in [5.74, 6) is 1.89. The second-order valence-electron chi connectivity index (χ2n) is 5.61. The smallest absolute Gasteiger partial charge is 0.135 e. The Balaban J connectivity index is 1.55. The number of rotatable bonds is 5. The molecule has 1 saturated carbocycles. The summed E-state index contributed by atoms with van der Waals surface area (Å²) >= 11 is 2.00. The van der Waals surface area contributed by atoms with Crippen LogP contribution in [0.3, 0.4) is 0 Å². The van der Waals surface area contributed by atoms with Crippen LogP contribution in [0.15, 0.2) is 41.1 Å². The van der Waals surface area contributed by atoms with Crippen molar-refractivity contribution in [3.63, 3.8) is 0 Å². The van der Waals surface area contributed by atoms with Gasteiger partial charge >= 0.3 is 0 Å². The van der Waals surface area contributed by atoms with E-state index in [4.69, 9.17) is 4.42 Å². The molecule has 1 fully saturated rings. The number of hydrogen-bond donors (Lipinski definition) is 1. The number of aromatic nitrogens is 1. The molecule has 0 saturated heterocycles. The molecule has 2 unspecified atom stereocenters. The van der Waals surface area contributed by atoms with Crippen LogP contribution < -0.4 is 5.32 Å². The Morgan fingerprint density at radius 2 is 2.29 bits per heavy atom. The lowest BCUT2D eigenvalue weighted by Crippen LogP contribution is -2.34. The van der Waals surface area contributed by atoms with E-state index in [2.05, 4.69) is 22.6 Å². The molecule has 1 aliphatic carbocycles. The zero-order valence-electron chi connectivity index (χ0n) is 12.4. The highest BCUT2D eigenvalue weighted by atomic mass is 32.2. The van der Waals surface area contributed by atoms with Crippen molar-refractivity contribution in [2.75, 3.05) is 6.26 Å². The number of thioether (sulfide) groups is 1. The van der Waals surface area contributed by atoms with Gasteiger partial charge in [-0.05, 0) is 49.8 Å². The van der Waals surface area contributed by atoms with E-state index in [0.717, 1.165) is 28.9 Å². The molecule has 0 aliphatic heterocycles. The average Bonchev–Trinajstić information content (AvgIpc) is 3.03. The van der Waals surface area contributed by atoms with E-state index >= 15 is 0 Å². The molecule has 1 aliphatic rings. The molecule has 0 spiro atoms. The van der Waals surface area contributed by atoms with Gasteiger partial charge in [0.25, 0.3) is 0 Å². The van der Waals surface area contributed by atoms with Gasteiger partial charge < -0.3 is 9.73 Å². The van der Waals surface area contributed by atoms with E-state index in [9.17, 15) is 0 Å². The molecule has 2 aromatic heterocycles. The maximum Gasteiger partial charge on any atom is 0.135 e. The van der Waals surface area contributed by atoms with Crippen molar-refractivity contribution in [1.29, 1.82) is 0 Å². The van der Waals surface area contributed by atoms with Gasteiger partial charge in [0.2, 0.25) is 0 Å². The van der Waals surface area contributed by atoms with Gasteiger partial charge in [-0.2, -0.15) is 11.8 Å². The predicted octanol–water partition coefficient (Wildman–Crippen LogP) is 4.11. The summed E-state index contributed by atoms with van der Waals surface area (Å²) in [4.78, 5) is 4.13. The highest BCUT2D eigenvalue weighted by Gasteiger charge is 2.20. The number of nitrogens with zero attached hydrogens (tertiary/aromatic N) is 1. The lowest BCUT2D eigenvalue weighted by molar-refractivity contribution is 0.364. The van der Waals surface area contributed by atoms with Crippen LogP contribution in [-0.2, 0) is 6.54 Å². The van der Waals surface area contributed by atoms with E-state index in [1.165, 1.54) is 25.7 Å². The SMILES string of the molecule is CSC1CCCC(NCc2ccc(-c3cccnc3)o2)C1. The monoisotopic (exact) mass is 302 g/mol. The van der Waals surface area contributed by atoms with E-state index in [1.54, 1.807) is 6.20 Å². The lowest BCUT2D eigenvalue weighted by atomic mass is 9.95. The summed E-state index contributed by atoms with van der Waals surface area (Å²) < 4.78 is 5.91. The maximum absolute atomic E-state index is 5.91. The van der Waals surface area contributed by atoms with Gasteiger partial charge in [0, 0.05) is 29.2 Å². The van der Waals surface area contributed by atoms with Crippen LogP contribution in [0.2, 0.25) is 0 Å². The van der Waals surface area contributed by atoms with E-state index < -0.39 is 0 Å². The molecular weight excluding hydrogens is 280 g/mol. The van der Waals surface area contributed by atoms with Crippen molar-refractivity contribution < 1.29 is 4.42 Å². The molecule has 4 heteroatoms. The van der Waals surface area contributed by atoms with Gasteiger partial charge in [0.15, 0.2) is 0 Å². The van der Waals surface area contributed by atoms with Gasteiger partial charge in [-0.1, -0.05) is 6.42 Å². The van der Waals surface area contributed by atoms with Crippen LogP contribution in [0.25, 0.3) is 11.3 Å². The van der Waals surface area contributed by atoms with Crippen LogP contribution in [0.4, 0.5) is 0 Å². The Morgan fingerprint density at radius 3 is 3.10 bits per heavy atom. The zero-order valence-corrected chi connectivity index (χ0v) is 13.2. The molecule has 21 heavy (non-hydrogen) atoms. The molecule has 3 nitrogen and oxygen atoms in total. The molecule has 1 N–H and O–H groups in total. The fourth-order valence-electron chi connectivity index (χ4n) is 2.93. The molecule has 112 valence electrons. The van der Waals surface area contributed by atoms with Crippen LogP contribution in [0, 0.1) is 0 Å². The first-order chi connectivity index (χ1) is 10.3. The molecular formula is C17H22N2OS. The maximum atomic E-state index is 5.91. The van der Waals surface area contributed by atoms with Crippen LogP contribution >= 0.6 is 11.8 Å². The number of nitrogens with one attached hydrogen (secondary N) is 1. The lowest BCUT2D eigenvalue weighted by Gasteiger charge is -2.28. The number of pyridine rings is 1. The van der Waals surface area contributed by atoms with E-state index in [0.29, 0.717) is 6.04 Å². The Labute approximate surface area is 130 Å². The molecule has 0 amide bonds. The van der Waals surface area contributed by atoms with Crippen molar-refractivity contribution in [3.05, 3.63) is 42.4 Å². The van der Waals surface area contributed by atoms with E-state index in [1.807, 2.05) is 36.2 Å². The quantitative estimate of drug-likeness (QED) is 0.902. The number of furan rings is 1. The minimum absolute atomic E-state index is 0.628. The fraction of sp³-hybridized carbons (Fsp3) is 0.471.